The molecule has 0 spiro atoms. The van der Waals surface area contributed by atoms with Gasteiger partial charge in [0.2, 0.25) is 5.91 Å². The van der Waals surface area contributed by atoms with E-state index in [-0.39, 0.29) is 11.7 Å². The fourth-order valence-electron chi connectivity index (χ4n) is 2.59. The van der Waals surface area contributed by atoms with Gasteiger partial charge in [-0.3, -0.25) is 4.79 Å². The molecule has 2 N–H and O–H groups in total. The summed E-state index contributed by atoms with van der Waals surface area (Å²) >= 11 is 0. The Balaban J connectivity index is 1.96. The molecule has 0 atom stereocenters. The molecule has 0 radical (unpaired) electrons. The number of carbonyl (C=O) groups excluding carboxylic acids is 1. The van der Waals surface area contributed by atoms with Gasteiger partial charge in [0.25, 0.3) is 0 Å². The molecule has 0 bridgehead atoms. The van der Waals surface area contributed by atoms with Crippen LogP contribution in [0.1, 0.15) is 18.4 Å². The quantitative estimate of drug-likeness (QED) is 0.858. The average Bonchev–Trinajstić information content (AvgIpc) is 2.47. The monoisotopic (exact) mass is 280 g/mol. The SMILES string of the molecule is COCC1(C(=O)NCc2ccc(F)cc2)CCNCC1. The minimum atomic E-state index is -0.444. The van der Waals surface area contributed by atoms with E-state index in [4.69, 9.17) is 4.74 Å². The first kappa shape index (κ1) is 14.9. The standard InChI is InChI=1S/C15H21FN2O2/c1-20-11-15(6-8-17-9-7-15)14(19)18-10-12-2-4-13(16)5-3-12/h2-5,17H,6-11H2,1H3,(H,18,19). The second-order valence-corrected chi connectivity index (χ2v) is 5.27. The highest BCUT2D eigenvalue weighted by atomic mass is 19.1. The molecule has 1 saturated heterocycles. The van der Waals surface area contributed by atoms with Crippen molar-refractivity contribution < 1.29 is 13.9 Å². The molecule has 2 rings (SSSR count). The number of methoxy groups -OCH3 is 1. The molecular formula is C15H21FN2O2. The Morgan fingerprint density at radius 1 is 1.35 bits per heavy atom. The zero-order chi connectivity index (χ0) is 14.4. The van der Waals surface area contributed by atoms with Crippen LogP contribution in [0.4, 0.5) is 4.39 Å². The lowest BCUT2D eigenvalue weighted by Crippen LogP contribution is -2.49. The fourth-order valence-corrected chi connectivity index (χ4v) is 2.59. The molecule has 5 heteroatoms. The number of ether oxygens (including phenoxy) is 1. The van der Waals surface area contributed by atoms with Crippen LogP contribution in [0.5, 0.6) is 0 Å². The summed E-state index contributed by atoms with van der Waals surface area (Å²) in [4.78, 5) is 12.5. The molecular weight excluding hydrogens is 259 g/mol. The van der Waals surface area contributed by atoms with Gasteiger partial charge in [0, 0.05) is 13.7 Å². The number of piperidine rings is 1. The zero-order valence-corrected chi connectivity index (χ0v) is 11.7. The van der Waals surface area contributed by atoms with Crippen LogP contribution < -0.4 is 10.6 Å². The van der Waals surface area contributed by atoms with Crippen molar-refractivity contribution in [2.24, 2.45) is 5.41 Å². The summed E-state index contributed by atoms with van der Waals surface area (Å²) in [7, 11) is 1.62. The van der Waals surface area contributed by atoms with Gasteiger partial charge < -0.3 is 15.4 Å². The van der Waals surface area contributed by atoms with Crippen molar-refractivity contribution in [1.29, 1.82) is 0 Å². The summed E-state index contributed by atoms with van der Waals surface area (Å²) in [5.74, 6) is -0.251. The van der Waals surface area contributed by atoms with Gasteiger partial charge in [0.1, 0.15) is 5.82 Å². The normalized spacial score (nSPS) is 17.7. The molecule has 1 aliphatic heterocycles. The van der Waals surface area contributed by atoms with Crippen molar-refractivity contribution in [3.05, 3.63) is 35.6 Å². The molecule has 1 heterocycles. The predicted molar refractivity (Wildman–Crippen MR) is 74.7 cm³/mol. The van der Waals surface area contributed by atoms with Crippen LogP contribution in [0.2, 0.25) is 0 Å². The van der Waals surface area contributed by atoms with E-state index in [0.717, 1.165) is 31.5 Å². The van der Waals surface area contributed by atoms with Crippen LogP contribution in [-0.4, -0.2) is 32.7 Å². The van der Waals surface area contributed by atoms with E-state index in [1.165, 1.54) is 12.1 Å². The first-order chi connectivity index (χ1) is 9.66. The molecule has 0 unspecified atom stereocenters. The maximum absolute atomic E-state index is 12.8. The number of carbonyl (C=O) groups is 1. The van der Waals surface area contributed by atoms with E-state index in [9.17, 15) is 9.18 Å². The lowest BCUT2D eigenvalue weighted by molar-refractivity contribution is -0.136. The number of rotatable bonds is 5. The number of halogens is 1. The minimum absolute atomic E-state index is 0.0187. The van der Waals surface area contributed by atoms with E-state index < -0.39 is 5.41 Å². The number of hydrogen-bond acceptors (Lipinski definition) is 3. The highest BCUT2D eigenvalue weighted by Crippen LogP contribution is 2.29. The Labute approximate surface area is 118 Å². The summed E-state index contributed by atoms with van der Waals surface area (Å²) in [6, 6.07) is 6.16. The van der Waals surface area contributed by atoms with Crippen LogP contribution in [0.3, 0.4) is 0 Å². The lowest BCUT2D eigenvalue weighted by Gasteiger charge is -2.35. The Morgan fingerprint density at radius 3 is 2.60 bits per heavy atom. The first-order valence-electron chi connectivity index (χ1n) is 6.89. The fraction of sp³-hybridized carbons (Fsp3) is 0.533. The summed E-state index contributed by atoms with van der Waals surface area (Å²) in [5.41, 5.74) is 0.446. The predicted octanol–water partition coefficient (Wildman–Crippen LogP) is 1.46. The van der Waals surface area contributed by atoms with Crippen molar-refractivity contribution in [3.63, 3.8) is 0 Å². The Kier molecular flexibility index (Phi) is 5.09. The van der Waals surface area contributed by atoms with E-state index in [2.05, 4.69) is 10.6 Å². The topological polar surface area (TPSA) is 50.4 Å². The molecule has 1 amide bonds. The largest absolute Gasteiger partial charge is 0.384 e. The van der Waals surface area contributed by atoms with Crippen LogP contribution in [0.15, 0.2) is 24.3 Å². The van der Waals surface area contributed by atoms with Gasteiger partial charge in [-0.2, -0.15) is 0 Å². The van der Waals surface area contributed by atoms with Gasteiger partial charge in [-0.25, -0.2) is 4.39 Å². The maximum Gasteiger partial charge on any atom is 0.228 e. The van der Waals surface area contributed by atoms with Crippen molar-refractivity contribution in [3.8, 4) is 0 Å². The highest BCUT2D eigenvalue weighted by Gasteiger charge is 2.39. The summed E-state index contributed by atoms with van der Waals surface area (Å²) < 4.78 is 18.1. The maximum atomic E-state index is 12.8. The van der Waals surface area contributed by atoms with Crippen LogP contribution >= 0.6 is 0 Å². The smallest absolute Gasteiger partial charge is 0.228 e. The van der Waals surface area contributed by atoms with Crippen LogP contribution in [0.25, 0.3) is 0 Å². The number of hydrogen-bond donors (Lipinski definition) is 2. The van der Waals surface area contributed by atoms with Crippen LogP contribution in [-0.2, 0) is 16.1 Å². The van der Waals surface area contributed by atoms with Gasteiger partial charge in [-0.15, -0.1) is 0 Å². The first-order valence-corrected chi connectivity index (χ1v) is 6.89. The zero-order valence-electron chi connectivity index (χ0n) is 11.7. The van der Waals surface area contributed by atoms with Gasteiger partial charge in [0.05, 0.1) is 12.0 Å². The minimum Gasteiger partial charge on any atom is -0.384 e. The number of amides is 1. The lowest BCUT2D eigenvalue weighted by atomic mass is 9.78. The summed E-state index contributed by atoms with van der Waals surface area (Å²) in [6.07, 6.45) is 1.55. The molecule has 0 aromatic heterocycles. The van der Waals surface area contributed by atoms with E-state index >= 15 is 0 Å². The Bertz CT molecular complexity index is 436. The summed E-state index contributed by atoms with van der Waals surface area (Å²) in [6.45, 7) is 2.50. The molecule has 20 heavy (non-hydrogen) atoms. The van der Waals surface area contributed by atoms with E-state index in [0.29, 0.717) is 13.2 Å². The second kappa shape index (κ2) is 6.81. The van der Waals surface area contributed by atoms with Crippen LogP contribution in [0, 0.1) is 11.2 Å². The number of nitrogens with one attached hydrogen (secondary N) is 2. The van der Waals surface area contributed by atoms with Gasteiger partial charge in [0.15, 0.2) is 0 Å². The number of benzene rings is 1. The third-order valence-electron chi connectivity index (χ3n) is 3.83. The van der Waals surface area contributed by atoms with Crippen molar-refractivity contribution in [2.75, 3.05) is 26.8 Å². The third kappa shape index (κ3) is 3.55. The second-order valence-electron chi connectivity index (χ2n) is 5.27. The Morgan fingerprint density at radius 2 is 2.00 bits per heavy atom. The van der Waals surface area contributed by atoms with Gasteiger partial charge in [-0.05, 0) is 43.6 Å². The third-order valence-corrected chi connectivity index (χ3v) is 3.83. The highest BCUT2D eigenvalue weighted by molar-refractivity contribution is 5.83. The van der Waals surface area contributed by atoms with Crippen molar-refractivity contribution in [1.82, 2.24) is 10.6 Å². The van der Waals surface area contributed by atoms with Gasteiger partial charge >= 0.3 is 0 Å². The molecule has 0 saturated carbocycles. The molecule has 1 aromatic carbocycles. The van der Waals surface area contributed by atoms with Crippen molar-refractivity contribution >= 4 is 5.91 Å². The molecule has 110 valence electrons. The average molecular weight is 280 g/mol. The Hall–Kier alpha value is -1.46. The van der Waals surface area contributed by atoms with Crippen molar-refractivity contribution in [2.45, 2.75) is 19.4 Å². The molecule has 0 aliphatic carbocycles. The molecule has 1 aromatic rings. The summed E-state index contributed by atoms with van der Waals surface area (Å²) in [5, 5.41) is 6.20. The molecule has 1 fully saturated rings. The van der Waals surface area contributed by atoms with E-state index in [1.54, 1.807) is 19.2 Å². The van der Waals surface area contributed by atoms with Gasteiger partial charge in [-0.1, -0.05) is 12.1 Å². The van der Waals surface area contributed by atoms with E-state index in [1.807, 2.05) is 0 Å². The molecule has 1 aliphatic rings. The molecule has 4 nitrogen and oxygen atoms in total.